The first-order valence-electron chi connectivity index (χ1n) is 8.84. The zero-order chi connectivity index (χ0) is 19.5. The molecule has 7 heteroatoms. The van der Waals surface area contributed by atoms with E-state index in [9.17, 15) is 18.0 Å². The molecule has 0 N–H and O–H groups in total. The fourth-order valence-corrected chi connectivity index (χ4v) is 5.49. The highest BCUT2D eigenvalue weighted by Gasteiger charge is 2.35. The lowest BCUT2D eigenvalue weighted by molar-refractivity contribution is 0.0719. The van der Waals surface area contributed by atoms with Gasteiger partial charge in [-0.25, -0.2) is 8.42 Å². The number of carbonyl (C=O) groups excluding carboxylic acids is 2. The molecule has 1 amide bonds. The molecule has 3 heterocycles. The van der Waals surface area contributed by atoms with Crippen molar-refractivity contribution in [2.75, 3.05) is 6.54 Å². The molecule has 0 aliphatic carbocycles. The lowest BCUT2D eigenvalue weighted by Gasteiger charge is -2.26. The van der Waals surface area contributed by atoms with E-state index >= 15 is 0 Å². The molecule has 0 spiro atoms. The Kier molecular flexibility index (Phi) is 3.57. The van der Waals surface area contributed by atoms with E-state index in [1.807, 2.05) is 6.07 Å². The third-order valence-electron chi connectivity index (χ3n) is 5.29. The molecule has 0 bridgehead atoms. The van der Waals surface area contributed by atoms with Gasteiger partial charge in [-0.05, 0) is 48.4 Å². The summed E-state index contributed by atoms with van der Waals surface area (Å²) in [6, 6.07) is 12.3. The van der Waals surface area contributed by atoms with Crippen LogP contribution >= 0.6 is 0 Å². The molecular formula is C21H15NO5S. The minimum atomic E-state index is -3.87. The Balaban J connectivity index is 1.56. The van der Waals surface area contributed by atoms with Crippen molar-refractivity contribution in [1.82, 2.24) is 4.90 Å². The van der Waals surface area contributed by atoms with Crippen molar-refractivity contribution in [2.45, 2.75) is 22.8 Å². The number of ketones is 1. The number of furan rings is 1. The minimum Gasteiger partial charge on any atom is -0.467 e. The highest BCUT2D eigenvalue weighted by Crippen LogP contribution is 2.35. The van der Waals surface area contributed by atoms with E-state index in [1.54, 1.807) is 23.3 Å². The van der Waals surface area contributed by atoms with E-state index in [4.69, 9.17) is 4.42 Å². The molecule has 0 fully saturated rings. The van der Waals surface area contributed by atoms with Crippen molar-refractivity contribution in [1.29, 1.82) is 0 Å². The van der Waals surface area contributed by atoms with Crippen LogP contribution in [0.5, 0.6) is 0 Å². The molecule has 0 radical (unpaired) electrons. The molecule has 0 atom stereocenters. The standard InChI is InChI=1S/C21H15NO5S/c23-20-15-3-1-2-4-18(15)28(25,26)19-11-14(5-6-16(19)20)21(24)22-9-7-13-8-10-27-17(13)12-22/h1-6,8,10-11H,7,9,12H2. The number of nitrogens with zero attached hydrogens (tertiary/aromatic N) is 1. The third-order valence-corrected chi connectivity index (χ3v) is 7.15. The minimum absolute atomic E-state index is 0.0182. The number of hydrogen-bond donors (Lipinski definition) is 0. The predicted molar refractivity (Wildman–Crippen MR) is 98.9 cm³/mol. The highest BCUT2D eigenvalue weighted by atomic mass is 32.2. The number of rotatable bonds is 1. The quantitative estimate of drug-likeness (QED) is 0.496. The largest absolute Gasteiger partial charge is 0.467 e. The van der Waals surface area contributed by atoms with Gasteiger partial charge < -0.3 is 9.32 Å². The normalized spacial score (nSPS) is 16.9. The Bertz CT molecular complexity index is 1260. The Morgan fingerprint density at radius 3 is 2.64 bits per heavy atom. The fraction of sp³-hybridized carbons (Fsp3) is 0.143. The molecule has 1 aromatic heterocycles. The lowest BCUT2D eigenvalue weighted by atomic mass is 10.0. The number of amides is 1. The number of fused-ring (bicyclic) bond motifs is 3. The summed E-state index contributed by atoms with van der Waals surface area (Å²) in [4.78, 5) is 27.2. The summed E-state index contributed by atoms with van der Waals surface area (Å²) in [6.45, 7) is 0.865. The Morgan fingerprint density at radius 1 is 1.00 bits per heavy atom. The van der Waals surface area contributed by atoms with Crippen LogP contribution in [0.2, 0.25) is 0 Å². The lowest BCUT2D eigenvalue weighted by Crippen LogP contribution is -2.35. The van der Waals surface area contributed by atoms with Crippen LogP contribution in [-0.4, -0.2) is 31.6 Å². The summed E-state index contributed by atoms with van der Waals surface area (Å²) >= 11 is 0. The van der Waals surface area contributed by atoms with Gasteiger partial charge in [-0.1, -0.05) is 12.1 Å². The molecule has 140 valence electrons. The van der Waals surface area contributed by atoms with Gasteiger partial charge >= 0.3 is 0 Å². The second kappa shape index (κ2) is 5.90. The summed E-state index contributed by atoms with van der Waals surface area (Å²) in [5.41, 5.74) is 1.58. The van der Waals surface area contributed by atoms with Crippen LogP contribution in [0.25, 0.3) is 0 Å². The van der Waals surface area contributed by atoms with Crippen LogP contribution in [0.3, 0.4) is 0 Å². The molecule has 2 aromatic carbocycles. The first-order valence-corrected chi connectivity index (χ1v) is 10.3. The van der Waals surface area contributed by atoms with E-state index < -0.39 is 9.84 Å². The molecule has 2 aliphatic rings. The molecule has 0 saturated carbocycles. The smallest absolute Gasteiger partial charge is 0.254 e. The van der Waals surface area contributed by atoms with Crippen molar-refractivity contribution >= 4 is 21.5 Å². The maximum Gasteiger partial charge on any atom is 0.254 e. The van der Waals surface area contributed by atoms with E-state index in [0.29, 0.717) is 19.5 Å². The first-order chi connectivity index (χ1) is 13.5. The zero-order valence-electron chi connectivity index (χ0n) is 14.7. The second-order valence-corrected chi connectivity index (χ2v) is 8.77. The van der Waals surface area contributed by atoms with Crippen molar-refractivity contribution in [3.63, 3.8) is 0 Å². The van der Waals surface area contributed by atoms with Crippen LogP contribution in [0, 0.1) is 0 Å². The molecule has 6 nitrogen and oxygen atoms in total. The summed E-state index contributed by atoms with van der Waals surface area (Å²) < 4.78 is 31.5. The van der Waals surface area contributed by atoms with Crippen LogP contribution in [0.4, 0.5) is 0 Å². The summed E-state index contributed by atoms with van der Waals surface area (Å²) in [5.74, 6) is 0.110. The Morgan fingerprint density at radius 2 is 1.79 bits per heavy atom. The van der Waals surface area contributed by atoms with Crippen LogP contribution < -0.4 is 0 Å². The van der Waals surface area contributed by atoms with Crippen molar-refractivity contribution < 1.29 is 22.4 Å². The topological polar surface area (TPSA) is 84.7 Å². The van der Waals surface area contributed by atoms with Crippen molar-refractivity contribution in [3.8, 4) is 0 Å². The van der Waals surface area contributed by atoms with E-state index in [1.165, 1.54) is 30.3 Å². The van der Waals surface area contributed by atoms with Crippen LogP contribution in [0.15, 0.2) is 69.0 Å². The van der Waals surface area contributed by atoms with E-state index in [-0.39, 0.29) is 38.2 Å². The van der Waals surface area contributed by atoms with Gasteiger partial charge in [0.1, 0.15) is 5.76 Å². The van der Waals surface area contributed by atoms with Gasteiger partial charge in [0.2, 0.25) is 9.84 Å². The molecule has 28 heavy (non-hydrogen) atoms. The first kappa shape index (κ1) is 16.9. The number of benzene rings is 2. The van der Waals surface area contributed by atoms with Gasteiger partial charge in [0.15, 0.2) is 5.78 Å². The molecule has 3 aromatic rings. The van der Waals surface area contributed by atoms with Crippen LogP contribution in [0.1, 0.15) is 37.6 Å². The SMILES string of the molecule is O=C1c2ccccc2S(=O)(=O)c2cc(C(=O)N3CCc4ccoc4C3)ccc21. The van der Waals surface area contributed by atoms with Crippen LogP contribution in [-0.2, 0) is 22.8 Å². The fourth-order valence-electron chi connectivity index (χ4n) is 3.81. The summed E-state index contributed by atoms with van der Waals surface area (Å²) in [5, 5.41) is 0. The van der Waals surface area contributed by atoms with Crippen molar-refractivity contribution in [3.05, 3.63) is 82.8 Å². The zero-order valence-corrected chi connectivity index (χ0v) is 15.5. The Hall–Kier alpha value is -3.19. The van der Waals surface area contributed by atoms with Gasteiger partial charge in [0.25, 0.3) is 5.91 Å². The molecule has 5 rings (SSSR count). The van der Waals surface area contributed by atoms with Gasteiger partial charge in [0, 0.05) is 23.2 Å². The molecule has 2 aliphatic heterocycles. The maximum absolute atomic E-state index is 13.0. The Labute approximate surface area is 161 Å². The van der Waals surface area contributed by atoms with Gasteiger partial charge in [-0.3, -0.25) is 9.59 Å². The van der Waals surface area contributed by atoms with Gasteiger partial charge in [-0.2, -0.15) is 0 Å². The van der Waals surface area contributed by atoms with E-state index in [0.717, 1.165) is 11.3 Å². The number of hydrogen-bond acceptors (Lipinski definition) is 5. The number of sulfone groups is 1. The average molecular weight is 393 g/mol. The molecular weight excluding hydrogens is 378 g/mol. The highest BCUT2D eigenvalue weighted by molar-refractivity contribution is 7.91. The molecule has 0 unspecified atom stereocenters. The van der Waals surface area contributed by atoms with Crippen molar-refractivity contribution in [2.24, 2.45) is 0 Å². The maximum atomic E-state index is 13.0. The summed E-state index contributed by atoms with van der Waals surface area (Å²) in [6.07, 6.45) is 2.29. The van der Waals surface area contributed by atoms with Gasteiger partial charge in [-0.15, -0.1) is 0 Å². The average Bonchev–Trinajstić information content (AvgIpc) is 3.19. The monoisotopic (exact) mass is 393 g/mol. The van der Waals surface area contributed by atoms with E-state index in [2.05, 4.69) is 0 Å². The molecule has 0 saturated heterocycles. The number of carbonyl (C=O) groups is 2. The summed E-state index contributed by atoms with van der Waals surface area (Å²) in [7, 11) is -3.87. The second-order valence-electron chi connectivity index (χ2n) is 6.89. The predicted octanol–water partition coefficient (Wildman–Crippen LogP) is 2.86. The van der Waals surface area contributed by atoms with Gasteiger partial charge in [0.05, 0.1) is 22.6 Å². The third kappa shape index (κ3) is 2.36.